The first-order valence-corrected chi connectivity index (χ1v) is 9.42. The SMILES string of the molecule is C=CCn1c(COc2ccccc2F)nnc1SCc1c(F)cccc1Cl. The van der Waals surface area contributed by atoms with E-state index in [2.05, 4.69) is 16.8 Å². The number of nitrogens with zero attached hydrogens (tertiary/aromatic N) is 3. The molecule has 0 fully saturated rings. The van der Waals surface area contributed by atoms with Gasteiger partial charge in [0.25, 0.3) is 0 Å². The number of thioether (sulfide) groups is 1. The van der Waals surface area contributed by atoms with Gasteiger partial charge in [0, 0.05) is 22.9 Å². The van der Waals surface area contributed by atoms with Gasteiger partial charge in [0.15, 0.2) is 22.5 Å². The molecule has 1 aromatic heterocycles. The van der Waals surface area contributed by atoms with E-state index < -0.39 is 5.82 Å². The molecule has 0 aliphatic heterocycles. The van der Waals surface area contributed by atoms with Crippen LogP contribution >= 0.6 is 23.4 Å². The average Bonchev–Trinajstić information content (AvgIpc) is 3.03. The molecule has 0 saturated carbocycles. The summed E-state index contributed by atoms with van der Waals surface area (Å²) >= 11 is 7.37. The van der Waals surface area contributed by atoms with Crippen LogP contribution in [-0.2, 0) is 18.9 Å². The van der Waals surface area contributed by atoms with E-state index in [-0.39, 0.29) is 18.2 Å². The maximum absolute atomic E-state index is 13.9. The molecule has 3 rings (SSSR count). The molecule has 2 aromatic carbocycles. The molecular formula is C19H16ClF2N3OS. The van der Waals surface area contributed by atoms with Gasteiger partial charge in [-0.2, -0.15) is 0 Å². The first-order valence-electron chi connectivity index (χ1n) is 8.06. The standard InChI is InChI=1S/C19H16ClF2N3OS/c1-2-10-25-18(11-26-17-9-4-3-7-16(17)22)23-24-19(25)27-12-13-14(20)6-5-8-15(13)21/h2-9H,1,10-12H2. The van der Waals surface area contributed by atoms with Crippen molar-refractivity contribution in [2.45, 2.75) is 24.1 Å². The second kappa shape index (κ2) is 9.01. The summed E-state index contributed by atoms with van der Waals surface area (Å²) < 4.78 is 34.9. The molecule has 0 radical (unpaired) electrons. The first-order chi connectivity index (χ1) is 13.1. The highest BCUT2D eigenvalue weighted by Gasteiger charge is 2.15. The van der Waals surface area contributed by atoms with Crippen LogP contribution < -0.4 is 4.74 Å². The van der Waals surface area contributed by atoms with Gasteiger partial charge >= 0.3 is 0 Å². The van der Waals surface area contributed by atoms with Crippen LogP contribution in [0.3, 0.4) is 0 Å². The Kier molecular flexibility index (Phi) is 6.47. The molecule has 27 heavy (non-hydrogen) atoms. The Morgan fingerprint density at radius 3 is 2.63 bits per heavy atom. The first kappa shape index (κ1) is 19.4. The molecule has 0 saturated heterocycles. The second-order valence-electron chi connectivity index (χ2n) is 5.51. The van der Waals surface area contributed by atoms with Crippen molar-refractivity contribution in [2.75, 3.05) is 0 Å². The molecule has 1 heterocycles. The monoisotopic (exact) mass is 407 g/mol. The third kappa shape index (κ3) is 4.67. The fraction of sp³-hybridized carbons (Fsp3) is 0.158. The van der Waals surface area contributed by atoms with Crippen LogP contribution in [0.2, 0.25) is 5.02 Å². The van der Waals surface area contributed by atoms with Crippen LogP contribution in [0.5, 0.6) is 5.75 Å². The fourth-order valence-corrected chi connectivity index (χ4v) is 3.67. The summed E-state index contributed by atoms with van der Waals surface area (Å²) in [4.78, 5) is 0. The van der Waals surface area contributed by atoms with E-state index in [9.17, 15) is 8.78 Å². The normalized spacial score (nSPS) is 10.8. The maximum Gasteiger partial charge on any atom is 0.191 e. The topological polar surface area (TPSA) is 39.9 Å². The third-order valence-corrected chi connectivity index (χ3v) is 5.05. The number of hydrogen-bond donors (Lipinski definition) is 0. The molecule has 4 nitrogen and oxygen atoms in total. The van der Waals surface area contributed by atoms with E-state index >= 15 is 0 Å². The predicted molar refractivity (Wildman–Crippen MR) is 102 cm³/mol. The Labute approximate surface area is 164 Å². The van der Waals surface area contributed by atoms with Crippen molar-refractivity contribution in [3.8, 4) is 5.75 Å². The zero-order chi connectivity index (χ0) is 19.2. The highest BCUT2D eigenvalue weighted by atomic mass is 35.5. The Bertz CT molecular complexity index is 928. The molecule has 0 atom stereocenters. The Balaban J connectivity index is 1.75. The highest BCUT2D eigenvalue weighted by molar-refractivity contribution is 7.98. The number of hydrogen-bond acceptors (Lipinski definition) is 4. The number of aromatic nitrogens is 3. The van der Waals surface area contributed by atoms with E-state index in [0.717, 1.165) is 0 Å². The molecule has 0 spiro atoms. The summed E-state index contributed by atoms with van der Waals surface area (Å²) in [5, 5.41) is 9.17. The van der Waals surface area contributed by atoms with Gasteiger partial charge in [-0.1, -0.05) is 47.6 Å². The van der Waals surface area contributed by atoms with Crippen molar-refractivity contribution in [2.24, 2.45) is 0 Å². The summed E-state index contributed by atoms with van der Waals surface area (Å²) in [5.74, 6) is 0.136. The Morgan fingerprint density at radius 1 is 1.11 bits per heavy atom. The van der Waals surface area contributed by atoms with Crippen molar-refractivity contribution in [3.63, 3.8) is 0 Å². The van der Waals surface area contributed by atoms with Crippen molar-refractivity contribution in [1.82, 2.24) is 14.8 Å². The van der Waals surface area contributed by atoms with Crippen molar-refractivity contribution < 1.29 is 13.5 Å². The smallest absolute Gasteiger partial charge is 0.191 e. The molecule has 0 unspecified atom stereocenters. The van der Waals surface area contributed by atoms with Crippen molar-refractivity contribution in [1.29, 1.82) is 0 Å². The van der Waals surface area contributed by atoms with Crippen LogP contribution in [-0.4, -0.2) is 14.8 Å². The minimum Gasteiger partial charge on any atom is -0.483 e. The highest BCUT2D eigenvalue weighted by Crippen LogP contribution is 2.28. The lowest BCUT2D eigenvalue weighted by atomic mass is 10.2. The molecule has 140 valence electrons. The van der Waals surface area contributed by atoms with E-state index in [1.807, 2.05) is 0 Å². The van der Waals surface area contributed by atoms with E-state index in [4.69, 9.17) is 16.3 Å². The lowest BCUT2D eigenvalue weighted by Crippen LogP contribution is -2.08. The largest absolute Gasteiger partial charge is 0.483 e. The van der Waals surface area contributed by atoms with E-state index in [1.54, 1.807) is 41.0 Å². The summed E-state index contributed by atoms with van der Waals surface area (Å²) in [7, 11) is 0. The van der Waals surface area contributed by atoms with Gasteiger partial charge in [0.2, 0.25) is 0 Å². The molecule has 0 amide bonds. The fourth-order valence-electron chi connectivity index (χ4n) is 2.36. The van der Waals surface area contributed by atoms with Gasteiger partial charge in [-0.15, -0.1) is 16.8 Å². The van der Waals surface area contributed by atoms with Crippen LogP contribution in [0.4, 0.5) is 8.78 Å². The quantitative estimate of drug-likeness (QED) is 0.377. The molecule has 0 aliphatic carbocycles. The molecular weight excluding hydrogens is 392 g/mol. The van der Waals surface area contributed by atoms with Crippen molar-refractivity contribution in [3.05, 3.63) is 83.2 Å². The Hall–Kier alpha value is -2.38. The zero-order valence-electron chi connectivity index (χ0n) is 14.2. The van der Waals surface area contributed by atoms with E-state index in [0.29, 0.717) is 33.9 Å². The lowest BCUT2D eigenvalue weighted by Gasteiger charge is -2.10. The van der Waals surface area contributed by atoms with Crippen LogP contribution in [0, 0.1) is 11.6 Å². The third-order valence-electron chi connectivity index (χ3n) is 3.71. The van der Waals surface area contributed by atoms with Gasteiger partial charge in [-0.3, -0.25) is 4.57 Å². The maximum atomic E-state index is 13.9. The number of para-hydroxylation sites is 1. The van der Waals surface area contributed by atoms with Gasteiger partial charge in [-0.05, 0) is 24.3 Å². The summed E-state index contributed by atoms with van der Waals surface area (Å²) in [6, 6.07) is 10.7. The average molecular weight is 408 g/mol. The lowest BCUT2D eigenvalue weighted by molar-refractivity contribution is 0.275. The summed E-state index contributed by atoms with van der Waals surface area (Å²) in [6.07, 6.45) is 1.69. The zero-order valence-corrected chi connectivity index (χ0v) is 15.8. The minimum atomic E-state index is -0.448. The van der Waals surface area contributed by atoms with Crippen molar-refractivity contribution >= 4 is 23.4 Å². The van der Waals surface area contributed by atoms with Gasteiger partial charge in [0.05, 0.1) is 0 Å². The van der Waals surface area contributed by atoms with Gasteiger partial charge in [0.1, 0.15) is 12.4 Å². The number of rotatable bonds is 8. The van der Waals surface area contributed by atoms with E-state index in [1.165, 1.54) is 23.9 Å². The summed E-state index contributed by atoms with van der Waals surface area (Å²) in [5.41, 5.74) is 0.404. The predicted octanol–water partition coefficient (Wildman–Crippen LogP) is 5.27. The molecule has 0 aliphatic rings. The van der Waals surface area contributed by atoms with Crippen LogP contribution in [0.15, 0.2) is 60.3 Å². The molecule has 0 bridgehead atoms. The van der Waals surface area contributed by atoms with Crippen LogP contribution in [0.25, 0.3) is 0 Å². The summed E-state index contributed by atoms with van der Waals surface area (Å²) in [6.45, 7) is 4.21. The number of ether oxygens (including phenoxy) is 1. The van der Waals surface area contributed by atoms with Gasteiger partial charge in [-0.25, -0.2) is 8.78 Å². The molecule has 8 heteroatoms. The second-order valence-corrected chi connectivity index (χ2v) is 6.86. The minimum absolute atomic E-state index is 0.0444. The number of halogens is 3. The number of allylic oxidation sites excluding steroid dienone is 1. The number of benzene rings is 2. The van der Waals surface area contributed by atoms with Gasteiger partial charge < -0.3 is 4.74 Å². The Morgan fingerprint density at radius 2 is 1.89 bits per heavy atom. The molecule has 3 aromatic rings. The molecule has 0 N–H and O–H groups in total. The van der Waals surface area contributed by atoms with Crippen LogP contribution in [0.1, 0.15) is 11.4 Å².